The second-order valence-corrected chi connectivity index (χ2v) is 10.2. The van der Waals surface area contributed by atoms with Gasteiger partial charge in [0.2, 0.25) is 0 Å². The van der Waals surface area contributed by atoms with Gasteiger partial charge in [0.15, 0.2) is 5.78 Å². The van der Waals surface area contributed by atoms with Gasteiger partial charge < -0.3 is 5.11 Å². The maximum absolute atomic E-state index is 13.7. The zero-order valence-electron chi connectivity index (χ0n) is 19.3. The summed E-state index contributed by atoms with van der Waals surface area (Å²) in [7, 11) is 0. The maximum Gasteiger partial charge on any atom is 0.266 e. The predicted molar refractivity (Wildman–Crippen MR) is 147 cm³/mol. The molecule has 4 aromatic rings. The van der Waals surface area contributed by atoms with Gasteiger partial charge in [-0.1, -0.05) is 53.5 Å². The minimum absolute atomic E-state index is 0.121. The van der Waals surface area contributed by atoms with Crippen LogP contribution in [-0.4, -0.2) is 22.7 Å². The third kappa shape index (κ3) is 4.77. The molecule has 184 valence electrons. The Morgan fingerprint density at radius 3 is 2.00 bits per heavy atom. The number of fused-ring (bicyclic) bond motifs is 1. The fraction of sp³-hybridized carbons (Fsp3) is 0.0690. The van der Waals surface area contributed by atoms with Gasteiger partial charge in [-0.3, -0.25) is 14.4 Å². The van der Waals surface area contributed by atoms with E-state index in [0.29, 0.717) is 32.5 Å². The van der Waals surface area contributed by atoms with E-state index in [1.54, 1.807) is 66.7 Å². The quantitative estimate of drug-likeness (QED) is 0.203. The molecule has 37 heavy (non-hydrogen) atoms. The number of ketones is 1. The number of aliphatic hydroxyl groups excluding tert-OH is 1. The first-order valence-electron chi connectivity index (χ1n) is 11.3. The van der Waals surface area contributed by atoms with Gasteiger partial charge in [0.25, 0.3) is 11.8 Å². The van der Waals surface area contributed by atoms with Crippen LogP contribution in [0.1, 0.15) is 52.6 Å². The zero-order chi connectivity index (χ0) is 26.1. The van der Waals surface area contributed by atoms with Crippen LogP contribution < -0.4 is 4.90 Å². The molecule has 0 bridgehead atoms. The van der Waals surface area contributed by atoms with E-state index in [1.165, 1.54) is 0 Å². The lowest BCUT2D eigenvalue weighted by Gasteiger charge is -2.14. The number of anilines is 1. The number of thiophene rings is 1. The maximum atomic E-state index is 13.7. The van der Waals surface area contributed by atoms with Crippen molar-refractivity contribution in [1.82, 2.24) is 0 Å². The third-order valence-corrected chi connectivity index (χ3v) is 7.73. The summed E-state index contributed by atoms with van der Waals surface area (Å²) in [5.41, 5.74) is 2.37. The summed E-state index contributed by atoms with van der Waals surface area (Å²) in [4.78, 5) is 41.9. The van der Waals surface area contributed by atoms with Crippen molar-refractivity contribution in [2.75, 3.05) is 4.90 Å². The van der Waals surface area contributed by atoms with Gasteiger partial charge >= 0.3 is 0 Å². The van der Waals surface area contributed by atoms with Crippen LogP contribution in [-0.2, 0) is 13.0 Å². The van der Waals surface area contributed by atoms with Crippen molar-refractivity contribution < 1.29 is 19.5 Å². The fourth-order valence-corrected chi connectivity index (χ4v) is 5.68. The number of carbonyl (C=O) groups is 3. The number of allylic oxidation sites excluding steroid dienone is 1. The second kappa shape index (κ2) is 10.4. The lowest BCUT2D eigenvalue weighted by atomic mass is 9.99. The van der Waals surface area contributed by atoms with Crippen molar-refractivity contribution in [3.8, 4) is 0 Å². The predicted octanol–water partition coefficient (Wildman–Crippen LogP) is 6.83. The zero-order valence-corrected chi connectivity index (χ0v) is 21.6. The lowest BCUT2D eigenvalue weighted by molar-refractivity contribution is 0.0927. The Morgan fingerprint density at radius 2 is 1.43 bits per heavy atom. The number of carbonyl (C=O) groups excluding carboxylic acids is 3. The number of hydrogen-bond acceptors (Lipinski definition) is 5. The molecule has 0 saturated heterocycles. The Morgan fingerprint density at radius 1 is 0.865 bits per heavy atom. The first-order valence-corrected chi connectivity index (χ1v) is 12.9. The van der Waals surface area contributed by atoms with Gasteiger partial charge in [-0.2, -0.15) is 0 Å². The Balaban J connectivity index is 1.60. The van der Waals surface area contributed by atoms with Gasteiger partial charge in [-0.15, -0.1) is 11.3 Å². The van der Waals surface area contributed by atoms with Crippen LogP contribution >= 0.6 is 34.5 Å². The average molecular weight is 548 g/mol. The van der Waals surface area contributed by atoms with Crippen molar-refractivity contribution in [1.29, 1.82) is 0 Å². The molecule has 0 unspecified atom stereocenters. The first kappa shape index (κ1) is 25.1. The van der Waals surface area contributed by atoms with Crippen LogP contribution in [0.4, 0.5) is 5.00 Å². The largest absolute Gasteiger partial charge is 0.392 e. The summed E-state index contributed by atoms with van der Waals surface area (Å²) in [5.74, 6) is -1.43. The smallest absolute Gasteiger partial charge is 0.266 e. The number of amides is 2. The molecule has 0 radical (unpaired) electrons. The highest BCUT2D eigenvalue weighted by Crippen LogP contribution is 2.42. The monoisotopic (exact) mass is 547 g/mol. The molecule has 1 N–H and O–H groups in total. The molecule has 5 nitrogen and oxygen atoms in total. The molecule has 0 saturated carbocycles. The summed E-state index contributed by atoms with van der Waals surface area (Å²) in [6, 6.07) is 20.3. The Bertz CT molecular complexity index is 1520. The fourth-order valence-electron chi connectivity index (χ4n) is 4.19. The molecule has 2 amide bonds. The number of nitrogens with zero attached hydrogens (tertiary/aromatic N) is 1. The molecule has 5 rings (SSSR count). The van der Waals surface area contributed by atoms with E-state index in [-0.39, 0.29) is 21.7 Å². The summed E-state index contributed by atoms with van der Waals surface area (Å²) in [5, 5.41) is 11.6. The van der Waals surface area contributed by atoms with E-state index in [0.717, 1.165) is 21.8 Å². The third-order valence-electron chi connectivity index (χ3n) is 6.04. The molecule has 0 fully saturated rings. The summed E-state index contributed by atoms with van der Waals surface area (Å²) >= 11 is 13.1. The van der Waals surface area contributed by atoms with Crippen LogP contribution in [0.5, 0.6) is 0 Å². The van der Waals surface area contributed by atoms with Crippen LogP contribution in [0.15, 0.2) is 78.9 Å². The molecule has 1 aromatic heterocycles. The molecule has 0 aliphatic carbocycles. The standard InChI is InChI=1S/C29H19Cl2NO4S/c30-19-12-8-17(9-13-19)4-3-7-24-23(16-33)25(26(34)18-10-14-20(31)15-11-18)29(37-24)32-27(35)21-5-1-2-6-22(21)28(32)36/h1-3,5-15,33H,4,16H2. The van der Waals surface area contributed by atoms with E-state index in [4.69, 9.17) is 23.2 Å². The molecule has 8 heteroatoms. The molecular formula is C29H19Cl2NO4S. The highest BCUT2D eigenvalue weighted by molar-refractivity contribution is 7.18. The molecule has 0 atom stereocenters. The van der Waals surface area contributed by atoms with Crippen molar-refractivity contribution in [3.63, 3.8) is 0 Å². The van der Waals surface area contributed by atoms with Gasteiger partial charge in [0.1, 0.15) is 5.00 Å². The lowest BCUT2D eigenvalue weighted by Crippen LogP contribution is -2.30. The van der Waals surface area contributed by atoms with Gasteiger partial charge in [0, 0.05) is 26.0 Å². The number of hydrogen-bond donors (Lipinski definition) is 1. The molecule has 1 aliphatic heterocycles. The van der Waals surface area contributed by atoms with Crippen LogP contribution in [0, 0.1) is 0 Å². The molecule has 1 aliphatic rings. The van der Waals surface area contributed by atoms with Gasteiger partial charge in [-0.05, 0) is 66.6 Å². The van der Waals surface area contributed by atoms with Crippen molar-refractivity contribution in [2.24, 2.45) is 0 Å². The average Bonchev–Trinajstić information content (AvgIpc) is 3.39. The van der Waals surface area contributed by atoms with Crippen molar-refractivity contribution in [3.05, 3.63) is 127 Å². The van der Waals surface area contributed by atoms with E-state index >= 15 is 0 Å². The SMILES string of the molecule is O=C(c1ccc(Cl)cc1)c1c(N2C(=O)c3ccccc3C2=O)sc(C=CCc2ccc(Cl)cc2)c1CO. The van der Waals surface area contributed by atoms with E-state index < -0.39 is 24.2 Å². The van der Waals surface area contributed by atoms with Gasteiger partial charge in [-0.25, -0.2) is 4.90 Å². The number of rotatable bonds is 7. The van der Waals surface area contributed by atoms with Crippen LogP contribution in [0.2, 0.25) is 10.0 Å². The molecule has 2 heterocycles. The number of halogens is 2. The molecule has 3 aromatic carbocycles. The summed E-state index contributed by atoms with van der Waals surface area (Å²) in [6.07, 6.45) is 4.28. The minimum Gasteiger partial charge on any atom is -0.392 e. The Kier molecular flexibility index (Phi) is 7.09. The Hall–Kier alpha value is -3.55. The van der Waals surface area contributed by atoms with Crippen LogP contribution in [0.25, 0.3) is 6.08 Å². The number of imide groups is 1. The summed E-state index contributed by atoms with van der Waals surface area (Å²) < 4.78 is 0. The summed E-state index contributed by atoms with van der Waals surface area (Å²) in [6.45, 7) is -0.449. The number of benzene rings is 3. The normalized spacial score (nSPS) is 13.0. The van der Waals surface area contributed by atoms with Crippen LogP contribution in [0.3, 0.4) is 0 Å². The molecular weight excluding hydrogens is 529 g/mol. The van der Waals surface area contributed by atoms with E-state index in [1.807, 2.05) is 18.2 Å². The van der Waals surface area contributed by atoms with Gasteiger partial charge in [0.05, 0.1) is 23.3 Å². The van der Waals surface area contributed by atoms with E-state index in [9.17, 15) is 19.5 Å². The van der Waals surface area contributed by atoms with Crippen molar-refractivity contribution >= 4 is 63.2 Å². The highest BCUT2D eigenvalue weighted by atomic mass is 35.5. The topological polar surface area (TPSA) is 74.7 Å². The Labute approximate surface area is 227 Å². The van der Waals surface area contributed by atoms with Crippen molar-refractivity contribution in [2.45, 2.75) is 13.0 Å². The minimum atomic E-state index is -0.506. The first-order chi connectivity index (χ1) is 17.9. The highest BCUT2D eigenvalue weighted by Gasteiger charge is 2.40. The van der Waals surface area contributed by atoms with E-state index in [2.05, 4.69) is 0 Å². The molecule has 0 spiro atoms. The second-order valence-electron chi connectivity index (χ2n) is 8.34. The number of aliphatic hydroxyl groups is 1.